The summed E-state index contributed by atoms with van der Waals surface area (Å²) in [6, 6.07) is 12.6. The standard InChI is InChI=1S/C19H22N3O4P/c1-14-4-3-5-17(12-14)18-13-16(6-7-19(18)22(23)24)15(2)26-27(25,20-8-9-20)21-10-11-21/h3-7,12-13,15H,8-11H2,1-2H3. The van der Waals surface area contributed by atoms with Crippen LogP contribution in [0, 0.1) is 17.0 Å². The van der Waals surface area contributed by atoms with Crippen molar-refractivity contribution >= 4 is 13.4 Å². The Morgan fingerprint density at radius 1 is 1.11 bits per heavy atom. The van der Waals surface area contributed by atoms with Crippen molar-refractivity contribution in [3.63, 3.8) is 0 Å². The molecule has 2 fully saturated rings. The molecule has 0 aromatic heterocycles. The third kappa shape index (κ3) is 3.69. The van der Waals surface area contributed by atoms with Crippen molar-refractivity contribution in [2.24, 2.45) is 0 Å². The topological polar surface area (TPSA) is 75.5 Å². The molecule has 0 saturated carbocycles. The molecule has 0 N–H and O–H groups in total. The number of hydrogen-bond acceptors (Lipinski definition) is 4. The van der Waals surface area contributed by atoms with E-state index in [1.807, 2.05) is 47.5 Å². The molecule has 2 aliphatic rings. The quantitative estimate of drug-likeness (QED) is 0.304. The van der Waals surface area contributed by atoms with E-state index in [1.54, 1.807) is 12.1 Å². The molecule has 27 heavy (non-hydrogen) atoms. The highest BCUT2D eigenvalue weighted by molar-refractivity contribution is 7.54. The highest BCUT2D eigenvalue weighted by atomic mass is 31.2. The predicted octanol–water partition coefficient (Wildman–Crippen LogP) is 4.39. The fraction of sp³-hybridized carbons (Fsp3) is 0.368. The predicted molar refractivity (Wildman–Crippen MR) is 104 cm³/mol. The second kappa shape index (κ2) is 6.84. The molecule has 142 valence electrons. The van der Waals surface area contributed by atoms with Crippen molar-refractivity contribution in [2.75, 3.05) is 26.2 Å². The van der Waals surface area contributed by atoms with Crippen LogP contribution in [0.3, 0.4) is 0 Å². The van der Waals surface area contributed by atoms with Crippen molar-refractivity contribution in [2.45, 2.75) is 20.0 Å². The van der Waals surface area contributed by atoms with E-state index in [0.717, 1.165) is 42.9 Å². The van der Waals surface area contributed by atoms with Crippen LogP contribution in [-0.4, -0.2) is 40.4 Å². The van der Waals surface area contributed by atoms with Gasteiger partial charge in [-0.1, -0.05) is 29.8 Å². The summed E-state index contributed by atoms with van der Waals surface area (Å²) >= 11 is 0. The fourth-order valence-corrected chi connectivity index (χ4v) is 5.53. The van der Waals surface area contributed by atoms with Crippen LogP contribution in [0.5, 0.6) is 0 Å². The van der Waals surface area contributed by atoms with Gasteiger partial charge in [-0.2, -0.15) is 0 Å². The Kier molecular flexibility index (Phi) is 4.64. The van der Waals surface area contributed by atoms with Crippen molar-refractivity contribution in [1.29, 1.82) is 0 Å². The summed E-state index contributed by atoms with van der Waals surface area (Å²) in [5.74, 6) is 0. The van der Waals surface area contributed by atoms with Crippen molar-refractivity contribution in [3.8, 4) is 11.1 Å². The Hall–Kier alpha value is -2.05. The Bertz CT molecular complexity index is 924. The SMILES string of the molecule is Cc1cccc(-c2cc(C(C)OP(=O)(N3CC3)N3CC3)ccc2[N+](=O)[O-])c1. The Morgan fingerprint density at radius 3 is 2.33 bits per heavy atom. The van der Waals surface area contributed by atoms with E-state index in [-0.39, 0.29) is 10.6 Å². The normalized spacial score (nSPS) is 18.3. The molecular weight excluding hydrogens is 365 g/mol. The number of hydrogen-bond donors (Lipinski definition) is 0. The molecule has 0 radical (unpaired) electrons. The largest absolute Gasteiger partial charge is 0.346 e. The van der Waals surface area contributed by atoms with Gasteiger partial charge >= 0.3 is 7.67 Å². The van der Waals surface area contributed by atoms with Crippen LogP contribution in [0.25, 0.3) is 11.1 Å². The molecule has 2 aromatic carbocycles. The lowest BCUT2D eigenvalue weighted by Gasteiger charge is -2.24. The molecule has 2 heterocycles. The highest BCUT2D eigenvalue weighted by Crippen LogP contribution is 2.63. The van der Waals surface area contributed by atoms with Gasteiger partial charge in [0, 0.05) is 32.2 Å². The summed E-state index contributed by atoms with van der Waals surface area (Å²) in [7, 11) is -2.96. The second-order valence-electron chi connectivity index (χ2n) is 7.05. The average molecular weight is 387 g/mol. The Balaban J connectivity index is 1.68. The van der Waals surface area contributed by atoms with Gasteiger partial charge in [0.25, 0.3) is 5.69 Å². The van der Waals surface area contributed by atoms with Gasteiger partial charge < -0.3 is 0 Å². The van der Waals surface area contributed by atoms with Crippen LogP contribution in [0.4, 0.5) is 5.69 Å². The summed E-state index contributed by atoms with van der Waals surface area (Å²) in [4.78, 5) is 11.1. The molecule has 0 aliphatic carbocycles. The van der Waals surface area contributed by atoms with Crippen molar-refractivity contribution in [3.05, 3.63) is 63.7 Å². The summed E-state index contributed by atoms with van der Waals surface area (Å²) in [6.45, 7) is 6.95. The molecule has 2 aliphatic heterocycles. The molecule has 8 heteroatoms. The van der Waals surface area contributed by atoms with E-state index in [4.69, 9.17) is 4.52 Å². The van der Waals surface area contributed by atoms with Gasteiger partial charge in [0.1, 0.15) is 0 Å². The van der Waals surface area contributed by atoms with Crippen LogP contribution >= 0.6 is 7.67 Å². The van der Waals surface area contributed by atoms with Gasteiger partial charge in [0.15, 0.2) is 0 Å². The van der Waals surface area contributed by atoms with E-state index in [1.165, 1.54) is 6.07 Å². The molecule has 2 aromatic rings. The molecule has 4 rings (SSSR count). The zero-order valence-corrected chi connectivity index (χ0v) is 16.3. The van der Waals surface area contributed by atoms with Gasteiger partial charge in [-0.05, 0) is 37.1 Å². The number of rotatable bonds is 7. The number of nitrogens with zero attached hydrogens (tertiary/aromatic N) is 3. The molecule has 2 saturated heterocycles. The van der Waals surface area contributed by atoms with Crippen LogP contribution in [-0.2, 0) is 9.09 Å². The van der Waals surface area contributed by atoms with Gasteiger partial charge in [0.2, 0.25) is 0 Å². The van der Waals surface area contributed by atoms with Crippen LogP contribution < -0.4 is 0 Å². The Morgan fingerprint density at radius 2 is 1.78 bits per heavy atom. The monoisotopic (exact) mass is 387 g/mol. The molecular formula is C19H22N3O4P. The van der Waals surface area contributed by atoms with Crippen molar-refractivity contribution < 1.29 is 14.0 Å². The summed E-state index contributed by atoms with van der Waals surface area (Å²) in [5, 5.41) is 11.5. The van der Waals surface area contributed by atoms with Crippen molar-refractivity contribution in [1.82, 2.24) is 9.34 Å². The summed E-state index contributed by atoms with van der Waals surface area (Å²) in [6.07, 6.45) is -0.429. The fourth-order valence-electron chi connectivity index (χ4n) is 3.18. The zero-order chi connectivity index (χ0) is 19.2. The molecule has 0 bridgehead atoms. The first kappa shape index (κ1) is 18.3. The minimum absolute atomic E-state index is 0.0524. The first-order valence-corrected chi connectivity index (χ1v) is 10.6. The van der Waals surface area contributed by atoms with Gasteiger partial charge in [-0.15, -0.1) is 0 Å². The maximum Gasteiger partial charge on any atom is 0.346 e. The van der Waals surface area contributed by atoms with E-state index >= 15 is 0 Å². The molecule has 1 unspecified atom stereocenters. The first-order valence-electron chi connectivity index (χ1n) is 9.03. The maximum atomic E-state index is 13.2. The first-order chi connectivity index (χ1) is 12.9. The number of nitro benzene ring substituents is 1. The average Bonchev–Trinajstić information content (AvgIpc) is 3.52. The third-order valence-corrected chi connectivity index (χ3v) is 7.69. The second-order valence-corrected chi connectivity index (χ2v) is 9.37. The van der Waals surface area contributed by atoms with E-state index in [0.29, 0.717) is 5.56 Å². The minimum atomic E-state index is -2.96. The van der Waals surface area contributed by atoms with Crippen LogP contribution in [0.1, 0.15) is 24.2 Å². The third-order valence-electron chi connectivity index (χ3n) is 4.87. The molecule has 0 amide bonds. The number of aryl methyl sites for hydroxylation is 1. The van der Waals surface area contributed by atoms with Gasteiger partial charge in [-0.25, -0.2) is 9.34 Å². The zero-order valence-electron chi connectivity index (χ0n) is 15.4. The molecule has 7 nitrogen and oxygen atoms in total. The van der Waals surface area contributed by atoms with E-state index in [2.05, 4.69) is 0 Å². The minimum Gasteiger partial charge on any atom is -0.298 e. The van der Waals surface area contributed by atoms with E-state index in [9.17, 15) is 14.7 Å². The lowest BCUT2D eigenvalue weighted by Crippen LogP contribution is -2.10. The van der Waals surface area contributed by atoms with Gasteiger partial charge in [-0.3, -0.25) is 19.2 Å². The lowest BCUT2D eigenvalue weighted by atomic mass is 9.98. The smallest absolute Gasteiger partial charge is 0.298 e. The molecule has 1 atom stereocenters. The number of nitro groups is 1. The number of benzene rings is 2. The summed E-state index contributed by atoms with van der Waals surface area (Å²) in [5.41, 5.74) is 3.20. The van der Waals surface area contributed by atoms with E-state index < -0.39 is 13.8 Å². The highest BCUT2D eigenvalue weighted by Gasteiger charge is 2.50. The molecule has 0 spiro atoms. The summed E-state index contributed by atoms with van der Waals surface area (Å²) < 4.78 is 23.0. The van der Waals surface area contributed by atoms with Crippen LogP contribution in [0.2, 0.25) is 0 Å². The maximum absolute atomic E-state index is 13.2. The van der Waals surface area contributed by atoms with Crippen LogP contribution in [0.15, 0.2) is 42.5 Å². The van der Waals surface area contributed by atoms with Gasteiger partial charge in [0.05, 0.1) is 16.6 Å². The lowest BCUT2D eigenvalue weighted by molar-refractivity contribution is -0.384. The Labute approximate surface area is 158 Å².